The third-order valence-electron chi connectivity index (χ3n) is 3.70. The molecule has 5 heteroatoms. The van der Waals surface area contributed by atoms with E-state index < -0.39 is 0 Å². The maximum Gasteiger partial charge on any atom is 0.407 e. The van der Waals surface area contributed by atoms with Gasteiger partial charge in [0.15, 0.2) is 0 Å². The minimum absolute atomic E-state index is 0.0830. The molecule has 2 heterocycles. The van der Waals surface area contributed by atoms with Gasteiger partial charge in [-0.3, -0.25) is 0 Å². The number of amides is 1. The number of hydrogen-bond donors (Lipinski definition) is 3. The Morgan fingerprint density at radius 3 is 3.10 bits per heavy atom. The molecule has 0 aliphatic carbocycles. The van der Waals surface area contributed by atoms with Crippen LogP contribution in [0.3, 0.4) is 0 Å². The summed E-state index contributed by atoms with van der Waals surface area (Å²) in [7, 11) is 1.96. The van der Waals surface area contributed by atoms with Gasteiger partial charge in [0.25, 0.3) is 0 Å². The highest BCUT2D eigenvalue weighted by molar-refractivity contribution is 5.84. The van der Waals surface area contributed by atoms with Gasteiger partial charge in [-0.25, -0.2) is 4.79 Å². The summed E-state index contributed by atoms with van der Waals surface area (Å²) >= 11 is 0. The van der Waals surface area contributed by atoms with Crippen molar-refractivity contribution in [3.63, 3.8) is 0 Å². The second-order valence-electron chi connectivity index (χ2n) is 5.19. The highest BCUT2D eigenvalue weighted by Gasteiger charge is 2.22. The van der Waals surface area contributed by atoms with Crippen molar-refractivity contribution in [2.45, 2.75) is 18.9 Å². The lowest BCUT2D eigenvalue weighted by molar-refractivity contribution is 0.177. The average Bonchev–Trinajstić information content (AvgIpc) is 3.03. The molecule has 0 bridgehead atoms. The first-order valence-electron chi connectivity index (χ1n) is 6.93. The van der Waals surface area contributed by atoms with Crippen molar-refractivity contribution in [2.75, 3.05) is 20.2 Å². The molecule has 106 valence electrons. The van der Waals surface area contributed by atoms with Gasteiger partial charge >= 0.3 is 6.09 Å². The molecule has 3 rings (SSSR count). The Labute approximate surface area is 117 Å². The SMILES string of the molecule is CNCCc1c[nH]c2ccc(C[C@H]3COC(=O)N3)cc12. The third kappa shape index (κ3) is 2.63. The van der Waals surface area contributed by atoms with Crippen LogP contribution >= 0.6 is 0 Å². The van der Waals surface area contributed by atoms with E-state index in [1.165, 1.54) is 16.5 Å². The zero-order valence-corrected chi connectivity index (χ0v) is 11.5. The summed E-state index contributed by atoms with van der Waals surface area (Å²) in [5.41, 5.74) is 3.70. The van der Waals surface area contributed by atoms with E-state index >= 15 is 0 Å². The number of hydrogen-bond acceptors (Lipinski definition) is 3. The predicted octanol–water partition coefficient (Wildman–Crippen LogP) is 1.58. The van der Waals surface area contributed by atoms with E-state index in [-0.39, 0.29) is 12.1 Å². The highest BCUT2D eigenvalue weighted by atomic mass is 16.6. The zero-order valence-electron chi connectivity index (χ0n) is 11.5. The first kappa shape index (κ1) is 13.0. The molecule has 0 unspecified atom stereocenters. The molecule has 1 aliphatic rings. The Morgan fingerprint density at radius 1 is 1.45 bits per heavy atom. The van der Waals surface area contributed by atoms with Gasteiger partial charge in [0.1, 0.15) is 6.61 Å². The number of likely N-dealkylation sites (N-methyl/N-ethyl adjacent to an activating group) is 1. The molecule has 0 spiro atoms. The number of fused-ring (bicyclic) bond motifs is 1. The Balaban J connectivity index is 1.79. The number of cyclic esters (lactones) is 1. The van der Waals surface area contributed by atoms with Crippen molar-refractivity contribution in [3.8, 4) is 0 Å². The molecule has 1 fully saturated rings. The number of alkyl carbamates (subject to hydrolysis) is 1. The van der Waals surface area contributed by atoms with E-state index in [0.717, 1.165) is 24.9 Å². The molecule has 1 aromatic carbocycles. The van der Waals surface area contributed by atoms with Gasteiger partial charge in [-0.1, -0.05) is 6.07 Å². The number of rotatable bonds is 5. The molecule has 2 aromatic rings. The standard InChI is InChI=1S/C15H19N3O2/c1-16-5-4-11-8-17-14-3-2-10(7-13(11)14)6-12-9-20-15(19)18-12/h2-3,7-8,12,16-17H,4-6,9H2,1H3,(H,18,19)/t12-/m0/s1. The second kappa shape index (κ2) is 5.54. The fourth-order valence-corrected chi connectivity index (χ4v) is 2.64. The van der Waals surface area contributed by atoms with Crippen LogP contribution in [-0.2, 0) is 17.6 Å². The molecule has 0 saturated carbocycles. The Morgan fingerprint density at radius 2 is 2.35 bits per heavy atom. The molecule has 20 heavy (non-hydrogen) atoms. The maximum absolute atomic E-state index is 11.0. The summed E-state index contributed by atoms with van der Waals surface area (Å²) in [5.74, 6) is 0. The fraction of sp³-hybridized carbons (Fsp3) is 0.400. The number of carbonyl (C=O) groups is 1. The van der Waals surface area contributed by atoms with E-state index in [2.05, 4.69) is 40.0 Å². The van der Waals surface area contributed by atoms with Crippen molar-refractivity contribution in [2.24, 2.45) is 0 Å². The number of aromatic amines is 1. The largest absolute Gasteiger partial charge is 0.447 e. The van der Waals surface area contributed by atoms with Crippen molar-refractivity contribution in [1.82, 2.24) is 15.6 Å². The van der Waals surface area contributed by atoms with Gasteiger partial charge in [0.05, 0.1) is 6.04 Å². The van der Waals surface area contributed by atoms with Crippen LogP contribution in [0.4, 0.5) is 4.79 Å². The smallest absolute Gasteiger partial charge is 0.407 e. The van der Waals surface area contributed by atoms with E-state index in [1.54, 1.807) is 0 Å². The van der Waals surface area contributed by atoms with E-state index in [0.29, 0.717) is 6.61 Å². The normalized spacial score (nSPS) is 18.2. The summed E-state index contributed by atoms with van der Waals surface area (Å²) in [4.78, 5) is 14.3. The number of aromatic nitrogens is 1. The average molecular weight is 273 g/mol. The Bertz CT molecular complexity index is 621. The van der Waals surface area contributed by atoms with Crippen LogP contribution in [0.15, 0.2) is 24.4 Å². The van der Waals surface area contributed by atoms with Gasteiger partial charge in [0, 0.05) is 17.1 Å². The summed E-state index contributed by atoms with van der Waals surface area (Å²) in [5, 5.41) is 7.25. The van der Waals surface area contributed by atoms with Gasteiger partial charge in [-0.05, 0) is 49.7 Å². The van der Waals surface area contributed by atoms with Gasteiger partial charge in [-0.15, -0.1) is 0 Å². The number of H-pyrrole nitrogens is 1. The first-order valence-corrected chi connectivity index (χ1v) is 6.93. The quantitative estimate of drug-likeness (QED) is 0.775. The molecule has 5 nitrogen and oxygen atoms in total. The number of ether oxygens (including phenoxy) is 1. The predicted molar refractivity (Wildman–Crippen MR) is 77.9 cm³/mol. The van der Waals surface area contributed by atoms with Crippen molar-refractivity contribution in [1.29, 1.82) is 0 Å². The fourth-order valence-electron chi connectivity index (χ4n) is 2.64. The monoisotopic (exact) mass is 273 g/mol. The number of benzene rings is 1. The molecule has 1 atom stereocenters. The van der Waals surface area contributed by atoms with E-state index in [1.807, 2.05) is 7.05 Å². The van der Waals surface area contributed by atoms with Crippen molar-refractivity contribution < 1.29 is 9.53 Å². The topological polar surface area (TPSA) is 66.1 Å². The Kier molecular flexibility index (Phi) is 3.60. The minimum Gasteiger partial charge on any atom is -0.447 e. The van der Waals surface area contributed by atoms with Crippen LogP contribution in [0.5, 0.6) is 0 Å². The van der Waals surface area contributed by atoms with Gasteiger partial charge in [-0.2, -0.15) is 0 Å². The lowest BCUT2D eigenvalue weighted by atomic mass is 10.0. The highest BCUT2D eigenvalue weighted by Crippen LogP contribution is 2.21. The summed E-state index contributed by atoms with van der Waals surface area (Å²) < 4.78 is 4.92. The summed E-state index contributed by atoms with van der Waals surface area (Å²) in [6.07, 6.45) is 3.57. The van der Waals surface area contributed by atoms with Crippen LogP contribution in [0.2, 0.25) is 0 Å². The lowest BCUT2D eigenvalue weighted by Crippen LogP contribution is -2.28. The van der Waals surface area contributed by atoms with Crippen LogP contribution in [0.1, 0.15) is 11.1 Å². The molecule has 1 saturated heterocycles. The van der Waals surface area contributed by atoms with Crippen LogP contribution in [0.25, 0.3) is 10.9 Å². The van der Waals surface area contributed by atoms with E-state index in [4.69, 9.17) is 4.74 Å². The Hall–Kier alpha value is -2.01. The summed E-state index contributed by atoms with van der Waals surface area (Å²) in [6.45, 7) is 1.42. The molecule has 3 N–H and O–H groups in total. The maximum atomic E-state index is 11.0. The molecule has 1 amide bonds. The van der Waals surface area contributed by atoms with Crippen LogP contribution in [0, 0.1) is 0 Å². The van der Waals surface area contributed by atoms with Gasteiger partial charge in [0.2, 0.25) is 0 Å². The van der Waals surface area contributed by atoms with Crippen molar-refractivity contribution in [3.05, 3.63) is 35.5 Å². The summed E-state index contributed by atoms with van der Waals surface area (Å²) in [6, 6.07) is 6.50. The lowest BCUT2D eigenvalue weighted by Gasteiger charge is -2.08. The van der Waals surface area contributed by atoms with Crippen LogP contribution < -0.4 is 10.6 Å². The first-order chi connectivity index (χ1) is 9.76. The van der Waals surface area contributed by atoms with Crippen molar-refractivity contribution >= 4 is 17.0 Å². The minimum atomic E-state index is -0.313. The number of nitrogens with one attached hydrogen (secondary N) is 3. The van der Waals surface area contributed by atoms with Gasteiger partial charge < -0.3 is 20.4 Å². The number of carbonyl (C=O) groups excluding carboxylic acids is 1. The third-order valence-corrected chi connectivity index (χ3v) is 3.70. The van der Waals surface area contributed by atoms with E-state index in [9.17, 15) is 4.79 Å². The molecular formula is C15H19N3O2. The second-order valence-corrected chi connectivity index (χ2v) is 5.19. The molecular weight excluding hydrogens is 254 g/mol. The molecule has 1 aliphatic heterocycles. The molecule has 0 radical (unpaired) electrons. The van der Waals surface area contributed by atoms with Crippen LogP contribution in [-0.4, -0.2) is 37.3 Å². The zero-order chi connectivity index (χ0) is 13.9. The molecule has 1 aromatic heterocycles.